The second-order valence-corrected chi connectivity index (χ2v) is 10.2. The van der Waals surface area contributed by atoms with E-state index in [9.17, 15) is 19.8 Å². The van der Waals surface area contributed by atoms with E-state index >= 15 is 0 Å². The summed E-state index contributed by atoms with van der Waals surface area (Å²) in [5.41, 5.74) is 0.658. The quantitative estimate of drug-likeness (QED) is 0.449. The summed E-state index contributed by atoms with van der Waals surface area (Å²) in [7, 11) is 1.49. The van der Waals surface area contributed by atoms with Crippen LogP contribution in [0.4, 0.5) is 0 Å². The van der Waals surface area contributed by atoms with Gasteiger partial charge in [-0.25, -0.2) is 4.99 Å². The largest absolute Gasteiger partial charge is 0.457 e. The predicted octanol–water partition coefficient (Wildman–Crippen LogP) is 3.52. The molecule has 0 saturated heterocycles. The van der Waals surface area contributed by atoms with Gasteiger partial charge in [0.2, 0.25) is 0 Å². The van der Waals surface area contributed by atoms with Crippen molar-refractivity contribution in [1.82, 2.24) is 0 Å². The molecule has 0 aromatic rings. The number of allylic oxidation sites excluding steroid dienone is 2. The van der Waals surface area contributed by atoms with Crippen LogP contribution in [0.5, 0.6) is 0 Å². The number of hydrogen-bond acceptors (Lipinski definition) is 8. The van der Waals surface area contributed by atoms with Crippen molar-refractivity contribution in [1.29, 1.82) is 0 Å². The van der Waals surface area contributed by atoms with Crippen LogP contribution in [-0.4, -0.2) is 66.1 Å². The van der Waals surface area contributed by atoms with Gasteiger partial charge in [-0.2, -0.15) is 0 Å². The van der Waals surface area contributed by atoms with Crippen LogP contribution in [0.2, 0.25) is 0 Å². The van der Waals surface area contributed by atoms with Crippen LogP contribution in [0.25, 0.3) is 0 Å². The van der Waals surface area contributed by atoms with Gasteiger partial charge in [0.15, 0.2) is 0 Å². The Hall–Kier alpha value is -2.45. The minimum atomic E-state index is -1.25. The molecule has 0 radical (unpaired) electrons. The minimum Gasteiger partial charge on any atom is -0.457 e. The number of nitrogens with zero attached hydrogens (tertiary/aromatic N) is 1. The molecule has 0 amide bonds. The molecule has 1 unspecified atom stereocenters. The van der Waals surface area contributed by atoms with Crippen molar-refractivity contribution in [3.8, 4) is 0 Å². The van der Waals surface area contributed by atoms with Crippen LogP contribution in [0, 0.1) is 17.3 Å². The first-order chi connectivity index (χ1) is 16.4. The van der Waals surface area contributed by atoms with Gasteiger partial charge >= 0.3 is 12.1 Å². The topological polar surface area (TPSA) is 115 Å². The van der Waals surface area contributed by atoms with Crippen LogP contribution in [-0.2, 0) is 23.8 Å². The number of aliphatic hydroxyl groups excluding tert-OH is 2. The molecule has 0 fully saturated rings. The third kappa shape index (κ3) is 7.77. The molecule has 6 atom stereocenters. The number of carbonyl (C=O) groups is 2. The van der Waals surface area contributed by atoms with Crippen molar-refractivity contribution in [2.45, 2.75) is 85.2 Å². The lowest BCUT2D eigenvalue weighted by Gasteiger charge is -2.34. The predicted molar refractivity (Wildman–Crippen MR) is 134 cm³/mol. The molecular weight excluding hydrogens is 450 g/mol. The zero-order valence-electron chi connectivity index (χ0n) is 22.0. The van der Waals surface area contributed by atoms with Gasteiger partial charge in [-0.3, -0.25) is 9.59 Å². The van der Waals surface area contributed by atoms with Gasteiger partial charge in [0, 0.05) is 18.3 Å². The van der Waals surface area contributed by atoms with E-state index in [0.29, 0.717) is 19.4 Å². The van der Waals surface area contributed by atoms with Gasteiger partial charge < -0.3 is 24.4 Å². The van der Waals surface area contributed by atoms with Gasteiger partial charge in [-0.15, -0.1) is 0 Å². The van der Waals surface area contributed by atoms with Gasteiger partial charge in [0.1, 0.15) is 24.5 Å². The fraction of sp³-hybridized carbons (Fsp3) is 0.667. The summed E-state index contributed by atoms with van der Waals surface area (Å²) < 4.78 is 16.1. The third-order valence-corrected chi connectivity index (χ3v) is 6.91. The zero-order chi connectivity index (χ0) is 26.3. The number of Topliss-reactive ketones (excluding diaryl/α,β-unsaturated/α-hetero) is 1. The highest BCUT2D eigenvalue weighted by atomic mass is 16.7. The highest BCUT2D eigenvalue weighted by molar-refractivity contribution is 5.88. The van der Waals surface area contributed by atoms with E-state index in [0.717, 1.165) is 11.1 Å². The van der Waals surface area contributed by atoms with E-state index in [1.807, 2.05) is 45.1 Å². The van der Waals surface area contributed by atoms with Gasteiger partial charge in [0.05, 0.1) is 31.2 Å². The van der Waals surface area contributed by atoms with Crippen molar-refractivity contribution in [3.63, 3.8) is 0 Å². The first kappa shape index (κ1) is 28.8. The minimum absolute atomic E-state index is 0.222. The molecule has 0 aromatic heterocycles. The number of carbonyl (C=O) groups excluding carboxylic acids is 2. The maximum absolute atomic E-state index is 13.2. The van der Waals surface area contributed by atoms with Crippen molar-refractivity contribution in [3.05, 3.63) is 35.5 Å². The molecule has 0 aromatic carbocycles. The van der Waals surface area contributed by atoms with Gasteiger partial charge in [0.25, 0.3) is 0 Å². The monoisotopic (exact) mass is 491 g/mol. The molecule has 0 saturated carbocycles. The lowest BCUT2D eigenvalue weighted by Crippen LogP contribution is -2.45. The van der Waals surface area contributed by atoms with Crippen molar-refractivity contribution >= 4 is 17.8 Å². The molecule has 2 aliphatic rings. The van der Waals surface area contributed by atoms with E-state index < -0.39 is 35.6 Å². The average molecular weight is 492 g/mol. The molecule has 0 bridgehead atoms. The molecule has 2 N–H and O–H groups in total. The van der Waals surface area contributed by atoms with Crippen molar-refractivity contribution in [2.75, 3.05) is 13.7 Å². The van der Waals surface area contributed by atoms with Crippen LogP contribution < -0.4 is 0 Å². The van der Waals surface area contributed by atoms with E-state index in [4.69, 9.17) is 14.2 Å². The summed E-state index contributed by atoms with van der Waals surface area (Å²) in [5, 5.41) is 21.5. The lowest BCUT2D eigenvalue weighted by atomic mass is 9.73. The number of aliphatic imine (C=N–C) groups is 1. The highest BCUT2D eigenvalue weighted by Crippen LogP contribution is 2.31. The number of esters is 1. The Balaban J connectivity index is 2.34. The van der Waals surface area contributed by atoms with E-state index in [2.05, 4.69) is 4.99 Å². The molecule has 0 spiro atoms. The fourth-order valence-corrected chi connectivity index (χ4v) is 4.26. The molecular formula is C27H41NO7. The van der Waals surface area contributed by atoms with Crippen molar-refractivity contribution < 1.29 is 34.0 Å². The number of hydrogen-bond donors (Lipinski definition) is 2. The Kier molecular flexibility index (Phi) is 10.3. The van der Waals surface area contributed by atoms with Gasteiger partial charge in [-0.1, -0.05) is 57.6 Å². The first-order valence-electron chi connectivity index (χ1n) is 12.2. The molecule has 2 rings (SSSR count). The summed E-state index contributed by atoms with van der Waals surface area (Å²) in [6.45, 7) is 10.9. The molecule has 196 valence electrons. The standard InChI is InChI=1S/C27H41NO7/c1-16-9-8-10-17(2)24(31)19(4)25(32)27(5,6)22(29)14-23(30)35-21(12-11-16)18(3)13-20-15-34-26(28-20)33-7/h8,10-11,13,17,19-22,24,29,31H,9,12,14-15H2,1-7H3/b10-8+,16-11-,18-13+/t17-,19+,20?,21-,22-,24-/m0/s1. The fourth-order valence-electron chi connectivity index (χ4n) is 4.26. The Labute approximate surface area is 208 Å². The Morgan fingerprint density at radius 1 is 1.26 bits per heavy atom. The van der Waals surface area contributed by atoms with E-state index in [1.165, 1.54) is 7.11 Å². The smallest absolute Gasteiger partial charge is 0.383 e. The molecule has 2 aliphatic heterocycles. The van der Waals surface area contributed by atoms with Crippen LogP contribution in [0.15, 0.2) is 40.4 Å². The second-order valence-electron chi connectivity index (χ2n) is 10.2. The molecule has 0 aliphatic carbocycles. The number of aliphatic hydroxyl groups is 2. The number of methoxy groups -OCH3 is 1. The molecule has 8 nitrogen and oxygen atoms in total. The number of ether oxygens (including phenoxy) is 3. The third-order valence-electron chi connectivity index (χ3n) is 6.91. The Morgan fingerprint density at radius 3 is 2.57 bits per heavy atom. The number of ketones is 1. The summed E-state index contributed by atoms with van der Waals surface area (Å²) in [6.07, 6.45) is 6.11. The molecule has 8 heteroatoms. The van der Waals surface area contributed by atoms with E-state index in [-0.39, 0.29) is 30.2 Å². The Bertz CT molecular complexity index is 886. The van der Waals surface area contributed by atoms with Gasteiger partial charge in [-0.05, 0) is 25.8 Å². The Morgan fingerprint density at radius 2 is 1.94 bits per heavy atom. The summed E-state index contributed by atoms with van der Waals surface area (Å²) >= 11 is 0. The number of rotatable bonds is 2. The second kappa shape index (κ2) is 12.5. The number of cyclic esters (lactones) is 1. The molecule has 35 heavy (non-hydrogen) atoms. The zero-order valence-corrected chi connectivity index (χ0v) is 22.0. The first-order valence-corrected chi connectivity index (χ1v) is 12.2. The van der Waals surface area contributed by atoms with Crippen molar-refractivity contribution in [2.24, 2.45) is 22.2 Å². The molecule has 2 heterocycles. The maximum Gasteiger partial charge on any atom is 0.383 e. The average Bonchev–Trinajstić information content (AvgIpc) is 3.26. The van der Waals surface area contributed by atoms with Crippen LogP contribution in [0.1, 0.15) is 60.8 Å². The highest BCUT2D eigenvalue weighted by Gasteiger charge is 2.42. The van der Waals surface area contributed by atoms with Crippen LogP contribution in [0.3, 0.4) is 0 Å². The van der Waals surface area contributed by atoms with Crippen LogP contribution >= 0.6 is 0 Å². The normalized spacial score (nSPS) is 35.9. The lowest BCUT2D eigenvalue weighted by molar-refractivity contribution is -0.154. The summed E-state index contributed by atoms with van der Waals surface area (Å²) in [4.78, 5) is 30.3. The maximum atomic E-state index is 13.2. The summed E-state index contributed by atoms with van der Waals surface area (Å²) in [6, 6.07) is -0.242. The summed E-state index contributed by atoms with van der Waals surface area (Å²) in [5.74, 6) is -1.84. The SMILES string of the molecule is COC1=NC(/C=C(\C)[C@@H]2C/C=C(/C)C/C=C/[C@H](C)[C@H](O)[C@@H](C)C(=O)C(C)(C)[C@@H](O)CC(=O)O2)CO1. The van der Waals surface area contributed by atoms with E-state index in [1.54, 1.807) is 20.8 Å².